The van der Waals surface area contributed by atoms with Crippen LogP contribution in [0.15, 0.2) is 48.5 Å². The van der Waals surface area contributed by atoms with E-state index in [0.29, 0.717) is 18.7 Å². The lowest BCUT2D eigenvalue weighted by molar-refractivity contribution is -0.127. The largest absolute Gasteiger partial charge is 0.497 e. The zero-order valence-electron chi connectivity index (χ0n) is 16.2. The first-order valence-corrected chi connectivity index (χ1v) is 9.25. The third-order valence-electron chi connectivity index (χ3n) is 4.88. The summed E-state index contributed by atoms with van der Waals surface area (Å²) in [5.41, 5.74) is 1.47. The molecule has 2 aromatic carbocycles. The summed E-state index contributed by atoms with van der Waals surface area (Å²) in [6.45, 7) is 3.52. The van der Waals surface area contributed by atoms with Gasteiger partial charge in [-0.25, -0.2) is 4.39 Å². The van der Waals surface area contributed by atoms with Gasteiger partial charge in [-0.15, -0.1) is 0 Å². The minimum absolute atomic E-state index is 0.0955. The number of hydrogen-bond donors (Lipinski definition) is 0. The SMILES string of the molecule is COc1ccc(OC)c(CN2CCN(C(=O)/C=C/c3ccccc3F)CC2)c1. The molecular weight excluding hydrogens is 359 g/mol. The molecule has 5 nitrogen and oxygen atoms in total. The van der Waals surface area contributed by atoms with Crippen LogP contribution in [0.25, 0.3) is 6.08 Å². The van der Waals surface area contributed by atoms with Gasteiger partial charge >= 0.3 is 0 Å². The number of halogens is 1. The summed E-state index contributed by atoms with van der Waals surface area (Å²) in [4.78, 5) is 16.5. The molecule has 2 aromatic rings. The fourth-order valence-electron chi connectivity index (χ4n) is 3.25. The Labute approximate surface area is 165 Å². The van der Waals surface area contributed by atoms with Crippen LogP contribution in [-0.4, -0.2) is 56.1 Å². The zero-order chi connectivity index (χ0) is 19.9. The summed E-state index contributed by atoms with van der Waals surface area (Å²) in [6.07, 6.45) is 2.98. The molecule has 1 heterocycles. The Morgan fingerprint density at radius 2 is 1.82 bits per heavy atom. The third-order valence-corrected chi connectivity index (χ3v) is 4.88. The number of hydrogen-bond acceptors (Lipinski definition) is 4. The normalized spacial score (nSPS) is 15.0. The lowest BCUT2D eigenvalue weighted by atomic mass is 10.1. The quantitative estimate of drug-likeness (QED) is 0.718. The van der Waals surface area contributed by atoms with Gasteiger partial charge in [0.15, 0.2) is 0 Å². The molecule has 0 aromatic heterocycles. The molecule has 1 aliphatic rings. The molecule has 1 amide bonds. The van der Waals surface area contributed by atoms with Gasteiger partial charge < -0.3 is 14.4 Å². The maximum absolute atomic E-state index is 13.7. The van der Waals surface area contributed by atoms with E-state index < -0.39 is 0 Å². The van der Waals surface area contributed by atoms with Crippen LogP contribution in [0.4, 0.5) is 4.39 Å². The predicted molar refractivity (Wildman–Crippen MR) is 107 cm³/mol. The third kappa shape index (κ3) is 4.89. The van der Waals surface area contributed by atoms with Crippen LogP contribution in [0.2, 0.25) is 0 Å². The first-order valence-electron chi connectivity index (χ1n) is 9.25. The van der Waals surface area contributed by atoms with Crippen molar-refractivity contribution in [3.05, 3.63) is 65.5 Å². The number of rotatable bonds is 6. The first kappa shape index (κ1) is 19.9. The molecule has 0 bridgehead atoms. The molecule has 148 valence electrons. The Balaban J connectivity index is 1.56. The molecule has 1 saturated heterocycles. The molecule has 0 N–H and O–H groups in total. The molecule has 0 saturated carbocycles. The summed E-state index contributed by atoms with van der Waals surface area (Å²) in [5.74, 6) is 1.19. The maximum atomic E-state index is 13.7. The van der Waals surface area contributed by atoms with Crippen molar-refractivity contribution in [1.82, 2.24) is 9.80 Å². The summed E-state index contributed by atoms with van der Waals surface area (Å²) in [6, 6.07) is 12.2. The Bertz CT molecular complexity index is 845. The van der Waals surface area contributed by atoms with Gasteiger partial charge in [0, 0.05) is 49.9 Å². The maximum Gasteiger partial charge on any atom is 0.246 e. The fourth-order valence-corrected chi connectivity index (χ4v) is 3.25. The molecular formula is C22H25FN2O3. The standard InChI is InChI=1S/C22H25FN2O3/c1-27-19-8-9-21(28-2)18(15-19)16-24-11-13-25(14-12-24)22(26)10-7-17-5-3-4-6-20(17)23/h3-10,15H,11-14,16H2,1-2H3/b10-7+. The lowest BCUT2D eigenvalue weighted by Crippen LogP contribution is -2.47. The van der Waals surface area contributed by atoms with Crippen LogP contribution >= 0.6 is 0 Å². The molecule has 28 heavy (non-hydrogen) atoms. The van der Waals surface area contributed by atoms with E-state index in [-0.39, 0.29) is 11.7 Å². The van der Waals surface area contributed by atoms with Crippen LogP contribution in [0, 0.1) is 5.82 Å². The number of carbonyl (C=O) groups excluding carboxylic acids is 1. The van der Waals surface area contributed by atoms with E-state index in [1.807, 2.05) is 18.2 Å². The molecule has 6 heteroatoms. The number of piperazine rings is 1. The highest BCUT2D eigenvalue weighted by Gasteiger charge is 2.20. The van der Waals surface area contributed by atoms with Crippen molar-refractivity contribution in [3.63, 3.8) is 0 Å². The van der Waals surface area contributed by atoms with E-state index in [0.717, 1.165) is 36.7 Å². The van der Waals surface area contributed by atoms with Gasteiger partial charge in [-0.05, 0) is 30.3 Å². The highest BCUT2D eigenvalue weighted by Crippen LogP contribution is 2.25. The fraction of sp³-hybridized carbons (Fsp3) is 0.318. The molecule has 0 atom stereocenters. The number of nitrogens with zero attached hydrogens (tertiary/aromatic N) is 2. The van der Waals surface area contributed by atoms with Crippen molar-refractivity contribution in [1.29, 1.82) is 0 Å². The van der Waals surface area contributed by atoms with E-state index in [1.54, 1.807) is 37.3 Å². The second kappa shape index (κ2) is 9.37. The number of carbonyl (C=O) groups is 1. The van der Waals surface area contributed by atoms with Crippen molar-refractivity contribution >= 4 is 12.0 Å². The monoisotopic (exact) mass is 384 g/mol. The van der Waals surface area contributed by atoms with Gasteiger partial charge in [-0.3, -0.25) is 9.69 Å². The average molecular weight is 384 g/mol. The molecule has 0 spiro atoms. The van der Waals surface area contributed by atoms with Gasteiger partial charge in [0.25, 0.3) is 0 Å². The van der Waals surface area contributed by atoms with E-state index in [1.165, 1.54) is 18.2 Å². The summed E-state index contributed by atoms with van der Waals surface area (Å²) < 4.78 is 24.4. The summed E-state index contributed by atoms with van der Waals surface area (Å²) in [7, 11) is 3.30. The van der Waals surface area contributed by atoms with Gasteiger partial charge in [-0.2, -0.15) is 0 Å². The number of benzene rings is 2. The van der Waals surface area contributed by atoms with Gasteiger partial charge in [0.2, 0.25) is 5.91 Å². The van der Waals surface area contributed by atoms with Crippen LogP contribution in [0.5, 0.6) is 11.5 Å². The molecule has 1 aliphatic heterocycles. The number of amides is 1. The smallest absolute Gasteiger partial charge is 0.246 e. The van der Waals surface area contributed by atoms with Gasteiger partial charge in [-0.1, -0.05) is 18.2 Å². The van der Waals surface area contributed by atoms with Crippen LogP contribution in [0.1, 0.15) is 11.1 Å². The van der Waals surface area contributed by atoms with E-state index in [2.05, 4.69) is 4.90 Å². The van der Waals surface area contributed by atoms with Crippen LogP contribution in [0.3, 0.4) is 0 Å². The first-order chi connectivity index (χ1) is 13.6. The van der Waals surface area contributed by atoms with Crippen molar-refractivity contribution in [2.75, 3.05) is 40.4 Å². The molecule has 3 rings (SSSR count). The van der Waals surface area contributed by atoms with Crippen LogP contribution in [-0.2, 0) is 11.3 Å². The van der Waals surface area contributed by atoms with Crippen molar-refractivity contribution in [3.8, 4) is 11.5 Å². The van der Waals surface area contributed by atoms with Crippen molar-refractivity contribution < 1.29 is 18.7 Å². The Hall–Kier alpha value is -2.86. The Morgan fingerprint density at radius 3 is 2.50 bits per heavy atom. The van der Waals surface area contributed by atoms with E-state index in [4.69, 9.17) is 9.47 Å². The van der Waals surface area contributed by atoms with Crippen molar-refractivity contribution in [2.24, 2.45) is 0 Å². The molecule has 0 unspecified atom stereocenters. The molecule has 1 fully saturated rings. The minimum Gasteiger partial charge on any atom is -0.497 e. The second-order valence-electron chi connectivity index (χ2n) is 6.63. The molecule has 0 aliphatic carbocycles. The van der Waals surface area contributed by atoms with Crippen LogP contribution < -0.4 is 9.47 Å². The van der Waals surface area contributed by atoms with Gasteiger partial charge in [0.05, 0.1) is 14.2 Å². The minimum atomic E-state index is -0.330. The van der Waals surface area contributed by atoms with Gasteiger partial charge in [0.1, 0.15) is 17.3 Å². The highest BCUT2D eigenvalue weighted by atomic mass is 19.1. The highest BCUT2D eigenvalue weighted by molar-refractivity contribution is 5.91. The number of methoxy groups -OCH3 is 2. The average Bonchev–Trinajstić information content (AvgIpc) is 2.73. The van der Waals surface area contributed by atoms with E-state index >= 15 is 0 Å². The van der Waals surface area contributed by atoms with Crippen molar-refractivity contribution in [2.45, 2.75) is 6.54 Å². The number of ether oxygens (including phenoxy) is 2. The Kier molecular flexibility index (Phi) is 6.66. The summed E-state index contributed by atoms with van der Waals surface area (Å²) >= 11 is 0. The van der Waals surface area contributed by atoms with E-state index in [9.17, 15) is 9.18 Å². The Morgan fingerprint density at radius 1 is 1.07 bits per heavy atom. The second-order valence-corrected chi connectivity index (χ2v) is 6.63. The predicted octanol–water partition coefficient (Wildman–Crippen LogP) is 3.20. The zero-order valence-corrected chi connectivity index (χ0v) is 16.2. The topological polar surface area (TPSA) is 42.0 Å². The lowest BCUT2D eigenvalue weighted by Gasteiger charge is -2.34. The molecule has 0 radical (unpaired) electrons. The summed E-state index contributed by atoms with van der Waals surface area (Å²) in [5, 5.41) is 0.